The molecular weight excluding hydrogens is 423 g/mol. The number of nitro groups is 1. The monoisotopic (exact) mass is 439 g/mol. The zero-order chi connectivity index (χ0) is 20.4. The fraction of sp³-hybridized carbons (Fsp3) is 0.250. The fourth-order valence-corrected chi connectivity index (χ4v) is 3.90. The normalized spacial score (nSPS) is 12.5. The first kappa shape index (κ1) is 23.8. The van der Waals surface area contributed by atoms with Gasteiger partial charge in [0.05, 0.1) is 9.82 Å². The van der Waals surface area contributed by atoms with Crippen molar-refractivity contribution in [1.82, 2.24) is 4.31 Å². The highest BCUT2D eigenvalue weighted by Crippen LogP contribution is 2.24. The van der Waals surface area contributed by atoms with Gasteiger partial charge in [0.15, 0.2) is 11.6 Å². The third-order valence-electron chi connectivity index (χ3n) is 3.88. The highest BCUT2D eigenvalue weighted by atomic mass is 35.5. The number of halogens is 4. The Morgan fingerprint density at radius 1 is 1.11 bits per heavy atom. The lowest BCUT2D eigenvalue weighted by Gasteiger charge is -2.24. The summed E-state index contributed by atoms with van der Waals surface area (Å²) in [6, 6.07) is 3.88. The van der Waals surface area contributed by atoms with Crippen LogP contribution in [-0.4, -0.2) is 30.7 Å². The van der Waals surface area contributed by atoms with E-state index in [4.69, 9.17) is 5.73 Å². The number of rotatable bonds is 7. The molecule has 1 atom stereocenters. The Bertz CT molecular complexity index is 958. The van der Waals surface area contributed by atoms with Crippen LogP contribution in [0.3, 0.4) is 0 Å². The van der Waals surface area contributed by atoms with Crippen LogP contribution in [0.5, 0.6) is 0 Å². The molecule has 2 rings (SSSR count). The number of hydrogen-bond donors (Lipinski definition) is 1. The molecule has 0 unspecified atom stereocenters. The molecule has 154 valence electrons. The van der Waals surface area contributed by atoms with Crippen LogP contribution in [0.1, 0.15) is 18.5 Å². The van der Waals surface area contributed by atoms with Gasteiger partial charge in [0.25, 0.3) is 5.69 Å². The summed E-state index contributed by atoms with van der Waals surface area (Å²) in [5.41, 5.74) is 5.16. The Kier molecular flexibility index (Phi) is 7.94. The maximum absolute atomic E-state index is 13.9. The SMILES string of the molecule is CCN(C[C@@H](N)c1cc(F)c(F)cc1F)S(=O)(=O)c1ccc([N+](=O)[O-])cc1.Cl. The van der Waals surface area contributed by atoms with Crippen molar-refractivity contribution in [2.75, 3.05) is 13.1 Å². The van der Waals surface area contributed by atoms with Crippen LogP contribution in [0.25, 0.3) is 0 Å². The van der Waals surface area contributed by atoms with Crippen LogP contribution >= 0.6 is 12.4 Å². The van der Waals surface area contributed by atoms with E-state index in [0.717, 1.165) is 28.6 Å². The number of benzene rings is 2. The van der Waals surface area contributed by atoms with Gasteiger partial charge >= 0.3 is 0 Å². The third kappa shape index (κ3) is 4.98. The molecule has 2 aromatic carbocycles. The van der Waals surface area contributed by atoms with Gasteiger partial charge in [-0.2, -0.15) is 4.31 Å². The van der Waals surface area contributed by atoms with Gasteiger partial charge < -0.3 is 5.73 Å². The standard InChI is InChI=1S/C16H16F3N3O4S.ClH/c1-2-21(9-16(20)12-7-14(18)15(19)8-13(12)17)27(25,26)11-5-3-10(4-6-11)22(23)24;/h3-8,16H,2,9,20H2,1H3;1H/t16-;/m1./s1. The van der Waals surface area contributed by atoms with E-state index >= 15 is 0 Å². The van der Waals surface area contributed by atoms with E-state index in [0.29, 0.717) is 12.1 Å². The predicted molar refractivity (Wildman–Crippen MR) is 98.0 cm³/mol. The molecule has 0 bridgehead atoms. The van der Waals surface area contributed by atoms with Gasteiger partial charge in [-0.15, -0.1) is 12.4 Å². The van der Waals surface area contributed by atoms with Crippen molar-refractivity contribution in [2.45, 2.75) is 17.9 Å². The summed E-state index contributed by atoms with van der Waals surface area (Å²) in [5.74, 6) is -3.78. The summed E-state index contributed by atoms with van der Waals surface area (Å²) in [4.78, 5) is 9.79. The van der Waals surface area contributed by atoms with Crippen LogP contribution in [0.2, 0.25) is 0 Å². The second kappa shape index (κ2) is 9.32. The van der Waals surface area contributed by atoms with Gasteiger partial charge in [0, 0.05) is 42.9 Å². The van der Waals surface area contributed by atoms with Crippen LogP contribution < -0.4 is 5.73 Å². The minimum absolute atomic E-state index is 0. The topological polar surface area (TPSA) is 107 Å². The minimum Gasteiger partial charge on any atom is -0.323 e. The van der Waals surface area contributed by atoms with Crippen LogP contribution in [0, 0.1) is 27.6 Å². The predicted octanol–water partition coefficient (Wildman–Crippen LogP) is 3.14. The van der Waals surface area contributed by atoms with Crippen molar-refractivity contribution in [3.63, 3.8) is 0 Å². The molecule has 0 aliphatic heterocycles. The minimum atomic E-state index is -4.09. The van der Waals surface area contributed by atoms with Gasteiger partial charge in [-0.05, 0) is 18.2 Å². The van der Waals surface area contributed by atoms with Crippen LogP contribution in [0.4, 0.5) is 18.9 Å². The maximum Gasteiger partial charge on any atom is 0.269 e. The van der Waals surface area contributed by atoms with E-state index < -0.39 is 45.0 Å². The Hall–Kier alpha value is -2.21. The van der Waals surface area contributed by atoms with Crippen molar-refractivity contribution >= 4 is 28.1 Å². The first-order chi connectivity index (χ1) is 12.6. The van der Waals surface area contributed by atoms with Gasteiger partial charge in [-0.25, -0.2) is 21.6 Å². The third-order valence-corrected chi connectivity index (χ3v) is 5.83. The lowest BCUT2D eigenvalue weighted by atomic mass is 10.1. The Balaban J connectivity index is 0.00000392. The van der Waals surface area contributed by atoms with Crippen LogP contribution in [-0.2, 0) is 10.0 Å². The first-order valence-electron chi connectivity index (χ1n) is 7.72. The number of non-ortho nitro benzene ring substituents is 1. The number of nitrogens with zero attached hydrogens (tertiary/aromatic N) is 2. The maximum atomic E-state index is 13.9. The lowest BCUT2D eigenvalue weighted by Crippen LogP contribution is -2.37. The van der Waals surface area contributed by atoms with Crippen molar-refractivity contribution < 1.29 is 26.5 Å². The first-order valence-corrected chi connectivity index (χ1v) is 9.16. The largest absolute Gasteiger partial charge is 0.323 e. The van der Waals surface area contributed by atoms with Gasteiger partial charge in [0.1, 0.15) is 5.82 Å². The second-order valence-electron chi connectivity index (χ2n) is 5.60. The number of nitrogens with two attached hydrogens (primary N) is 1. The van der Waals surface area contributed by atoms with E-state index in [1.165, 1.54) is 6.92 Å². The zero-order valence-electron chi connectivity index (χ0n) is 14.5. The summed E-state index contributed by atoms with van der Waals surface area (Å²) in [6.07, 6.45) is 0. The molecule has 0 spiro atoms. The molecule has 7 nitrogen and oxygen atoms in total. The van der Waals surface area contributed by atoms with Gasteiger partial charge in [-0.1, -0.05) is 6.92 Å². The van der Waals surface area contributed by atoms with Crippen molar-refractivity contribution in [2.24, 2.45) is 5.73 Å². The molecule has 2 N–H and O–H groups in total. The molecule has 28 heavy (non-hydrogen) atoms. The van der Waals surface area contributed by atoms with Crippen molar-refractivity contribution in [1.29, 1.82) is 0 Å². The fourth-order valence-electron chi connectivity index (χ4n) is 2.43. The molecule has 12 heteroatoms. The highest BCUT2D eigenvalue weighted by Gasteiger charge is 2.27. The average molecular weight is 440 g/mol. The molecule has 0 radical (unpaired) electrons. The van der Waals surface area contributed by atoms with E-state index in [9.17, 15) is 31.7 Å². The number of hydrogen-bond acceptors (Lipinski definition) is 5. The molecule has 0 heterocycles. The summed E-state index contributed by atoms with van der Waals surface area (Å²) in [5, 5.41) is 10.7. The summed E-state index contributed by atoms with van der Waals surface area (Å²) in [7, 11) is -4.09. The van der Waals surface area contributed by atoms with Gasteiger partial charge in [0.2, 0.25) is 10.0 Å². The Morgan fingerprint density at radius 2 is 1.64 bits per heavy atom. The molecule has 0 amide bonds. The quantitative estimate of drug-likeness (QED) is 0.405. The Morgan fingerprint density at radius 3 is 2.14 bits per heavy atom. The number of sulfonamides is 1. The van der Waals surface area contributed by atoms with E-state index in [1.807, 2.05) is 0 Å². The highest BCUT2D eigenvalue weighted by molar-refractivity contribution is 7.89. The van der Waals surface area contributed by atoms with Crippen LogP contribution in [0.15, 0.2) is 41.3 Å². The number of likely N-dealkylation sites (N-methyl/N-ethyl adjacent to an activating group) is 1. The summed E-state index contributed by atoms with van der Waals surface area (Å²) >= 11 is 0. The summed E-state index contributed by atoms with van der Waals surface area (Å²) in [6.45, 7) is 1.06. The molecule has 0 saturated heterocycles. The van der Waals surface area contributed by atoms with Crippen molar-refractivity contribution in [3.05, 3.63) is 69.5 Å². The molecule has 0 aromatic heterocycles. The van der Waals surface area contributed by atoms with E-state index in [2.05, 4.69) is 0 Å². The molecule has 0 saturated carbocycles. The molecule has 0 aliphatic carbocycles. The smallest absolute Gasteiger partial charge is 0.269 e. The zero-order valence-corrected chi connectivity index (χ0v) is 16.1. The number of nitro benzene ring substituents is 1. The van der Waals surface area contributed by atoms with Gasteiger partial charge in [-0.3, -0.25) is 10.1 Å². The molecule has 0 aliphatic rings. The average Bonchev–Trinajstić information content (AvgIpc) is 2.62. The molecule has 0 fully saturated rings. The molecular formula is C16H17ClF3N3O4S. The molecule has 2 aromatic rings. The lowest BCUT2D eigenvalue weighted by molar-refractivity contribution is -0.384. The second-order valence-corrected chi connectivity index (χ2v) is 7.54. The van der Waals surface area contributed by atoms with Crippen molar-refractivity contribution in [3.8, 4) is 0 Å². The Labute approximate surface area is 165 Å². The van der Waals surface area contributed by atoms with E-state index in [1.54, 1.807) is 0 Å². The summed E-state index contributed by atoms with van der Waals surface area (Å²) < 4.78 is 66.6. The van der Waals surface area contributed by atoms with E-state index in [-0.39, 0.29) is 35.1 Å².